The molecule has 0 fully saturated rings. The molecule has 0 bridgehead atoms. The van der Waals surface area contributed by atoms with Gasteiger partial charge in [-0.3, -0.25) is 9.59 Å². The number of nitrogens with one attached hydrogen (secondary N) is 1. The highest BCUT2D eigenvalue weighted by Crippen LogP contribution is 2.35. The van der Waals surface area contributed by atoms with Crippen LogP contribution in [-0.2, 0) is 4.79 Å². The number of fused-ring (bicyclic) bond motifs is 1. The fraction of sp³-hybridized carbons (Fsp3) is 0.263. The van der Waals surface area contributed by atoms with Gasteiger partial charge in [-0.1, -0.05) is 17.7 Å². The average Bonchev–Trinajstić information content (AvgIpc) is 2.54. The average molecular weight is 324 g/mol. The number of rotatable bonds is 3. The van der Waals surface area contributed by atoms with Crippen LogP contribution in [-0.4, -0.2) is 24.5 Å². The van der Waals surface area contributed by atoms with Gasteiger partial charge in [0.25, 0.3) is 11.8 Å². The third kappa shape index (κ3) is 3.11. The van der Waals surface area contributed by atoms with Gasteiger partial charge < -0.3 is 15.0 Å². The monoisotopic (exact) mass is 324 g/mol. The molecule has 0 saturated heterocycles. The molecular weight excluding hydrogens is 304 g/mol. The van der Waals surface area contributed by atoms with E-state index in [1.165, 1.54) is 0 Å². The van der Waals surface area contributed by atoms with E-state index in [4.69, 9.17) is 4.74 Å². The summed E-state index contributed by atoms with van der Waals surface area (Å²) in [6.07, 6.45) is 0. The van der Waals surface area contributed by atoms with Crippen molar-refractivity contribution in [1.82, 2.24) is 0 Å². The maximum Gasteiger partial charge on any atom is 0.265 e. The van der Waals surface area contributed by atoms with Gasteiger partial charge in [-0.2, -0.15) is 0 Å². The van der Waals surface area contributed by atoms with Gasteiger partial charge in [-0.25, -0.2) is 0 Å². The van der Waals surface area contributed by atoms with Crippen molar-refractivity contribution in [3.05, 3.63) is 53.6 Å². The lowest BCUT2D eigenvalue weighted by Crippen LogP contribution is -2.43. The van der Waals surface area contributed by atoms with E-state index in [1.807, 2.05) is 39.0 Å². The number of hydrogen-bond acceptors (Lipinski definition) is 3. The van der Waals surface area contributed by atoms with E-state index in [0.29, 0.717) is 22.7 Å². The predicted octanol–water partition coefficient (Wildman–Crippen LogP) is 3.38. The lowest BCUT2D eigenvalue weighted by atomic mass is 10.1. The summed E-state index contributed by atoms with van der Waals surface area (Å²) in [4.78, 5) is 26.2. The second-order valence-corrected chi connectivity index (χ2v) is 6.15. The first kappa shape index (κ1) is 16.1. The van der Waals surface area contributed by atoms with Gasteiger partial charge >= 0.3 is 0 Å². The van der Waals surface area contributed by atoms with Gasteiger partial charge in [0, 0.05) is 17.3 Å². The van der Waals surface area contributed by atoms with Crippen LogP contribution in [0.5, 0.6) is 5.75 Å². The standard InChI is InChI=1S/C19H20N2O3/c1-12(2)21-16-10-15(7-8-17(16)24-11-18(21)22)20-19(23)14-6-4-5-13(3)9-14/h4-10,12H,11H2,1-3H3,(H,20,23). The molecule has 0 aliphatic carbocycles. The first-order valence-corrected chi connectivity index (χ1v) is 7.92. The molecule has 5 nitrogen and oxygen atoms in total. The Labute approximate surface area is 141 Å². The Balaban J connectivity index is 1.88. The van der Waals surface area contributed by atoms with Gasteiger partial charge in [-0.15, -0.1) is 0 Å². The Morgan fingerprint density at radius 3 is 2.71 bits per heavy atom. The molecule has 2 aromatic carbocycles. The largest absolute Gasteiger partial charge is 0.482 e. The van der Waals surface area contributed by atoms with Crippen LogP contribution in [0, 0.1) is 6.92 Å². The molecule has 0 unspecified atom stereocenters. The van der Waals surface area contributed by atoms with Crippen LogP contribution in [0.4, 0.5) is 11.4 Å². The number of carbonyl (C=O) groups is 2. The van der Waals surface area contributed by atoms with E-state index in [0.717, 1.165) is 5.56 Å². The van der Waals surface area contributed by atoms with Crippen molar-refractivity contribution in [2.45, 2.75) is 26.8 Å². The number of benzene rings is 2. The number of ether oxygens (including phenoxy) is 1. The fourth-order valence-corrected chi connectivity index (χ4v) is 2.80. The zero-order valence-electron chi connectivity index (χ0n) is 14.0. The summed E-state index contributed by atoms with van der Waals surface area (Å²) < 4.78 is 5.47. The van der Waals surface area contributed by atoms with Crippen LogP contribution >= 0.6 is 0 Å². The number of anilines is 2. The molecule has 1 aliphatic rings. The van der Waals surface area contributed by atoms with Crippen LogP contribution in [0.15, 0.2) is 42.5 Å². The van der Waals surface area contributed by atoms with Crippen LogP contribution in [0.3, 0.4) is 0 Å². The molecule has 2 amide bonds. The topological polar surface area (TPSA) is 58.6 Å². The SMILES string of the molecule is Cc1cccc(C(=O)Nc2ccc3c(c2)N(C(C)C)C(=O)CO3)c1. The minimum absolute atomic E-state index is 0.0166. The number of hydrogen-bond donors (Lipinski definition) is 1. The molecule has 0 atom stereocenters. The molecule has 2 aromatic rings. The highest BCUT2D eigenvalue weighted by Gasteiger charge is 2.28. The Bertz CT molecular complexity index is 799. The Morgan fingerprint density at radius 1 is 1.21 bits per heavy atom. The van der Waals surface area contributed by atoms with Crippen molar-refractivity contribution in [1.29, 1.82) is 0 Å². The number of carbonyl (C=O) groups excluding carboxylic acids is 2. The van der Waals surface area contributed by atoms with Crippen molar-refractivity contribution in [3.8, 4) is 5.75 Å². The molecule has 124 valence electrons. The predicted molar refractivity (Wildman–Crippen MR) is 93.7 cm³/mol. The third-order valence-corrected chi connectivity index (χ3v) is 3.89. The number of amides is 2. The molecular formula is C19H20N2O3. The smallest absolute Gasteiger partial charge is 0.265 e. The normalized spacial score (nSPS) is 13.5. The van der Waals surface area contributed by atoms with Gasteiger partial charge in [0.05, 0.1) is 5.69 Å². The Kier molecular flexibility index (Phi) is 4.25. The summed E-state index contributed by atoms with van der Waals surface area (Å²) in [6.45, 7) is 5.88. The summed E-state index contributed by atoms with van der Waals surface area (Å²) in [5, 5.41) is 2.88. The van der Waals surface area contributed by atoms with Gasteiger partial charge in [0.2, 0.25) is 0 Å². The first-order chi connectivity index (χ1) is 11.5. The van der Waals surface area contributed by atoms with Crippen molar-refractivity contribution in [2.24, 2.45) is 0 Å². The van der Waals surface area contributed by atoms with E-state index in [9.17, 15) is 9.59 Å². The Hall–Kier alpha value is -2.82. The second kappa shape index (κ2) is 6.35. The summed E-state index contributed by atoms with van der Waals surface area (Å²) in [6, 6.07) is 12.8. The molecule has 0 aromatic heterocycles. The minimum Gasteiger partial charge on any atom is -0.482 e. The zero-order chi connectivity index (χ0) is 17.3. The van der Waals surface area contributed by atoms with Gasteiger partial charge in [0.15, 0.2) is 6.61 Å². The van der Waals surface area contributed by atoms with Crippen molar-refractivity contribution in [2.75, 3.05) is 16.8 Å². The lowest BCUT2D eigenvalue weighted by molar-refractivity contribution is -0.121. The van der Waals surface area contributed by atoms with Crippen LogP contribution in [0.2, 0.25) is 0 Å². The van der Waals surface area contributed by atoms with Crippen molar-refractivity contribution >= 4 is 23.2 Å². The maximum absolute atomic E-state index is 12.4. The molecule has 0 spiro atoms. The molecule has 1 heterocycles. The van der Waals surface area contributed by atoms with Crippen molar-refractivity contribution < 1.29 is 14.3 Å². The lowest BCUT2D eigenvalue weighted by Gasteiger charge is -2.32. The molecule has 3 rings (SSSR count). The summed E-state index contributed by atoms with van der Waals surface area (Å²) in [7, 11) is 0. The van der Waals surface area contributed by atoms with Gasteiger partial charge in [-0.05, 0) is 51.1 Å². The van der Waals surface area contributed by atoms with E-state index in [1.54, 1.807) is 29.2 Å². The number of nitrogens with zero attached hydrogens (tertiary/aromatic N) is 1. The highest BCUT2D eigenvalue weighted by atomic mass is 16.5. The maximum atomic E-state index is 12.4. The minimum atomic E-state index is -0.183. The zero-order valence-corrected chi connectivity index (χ0v) is 14.0. The highest BCUT2D eigenvalue weighted by molar-refractivity contribution is 6.05. The van der Waals surface area contributed by atoms with E-state index in [-0.39, 0.29) is 24.5 Å². The number of aryl methyl sites for hydroxylation is 1. The molecule has 0 saturated carbocycles. The first-order valence-electron chi connectivity index (χ1n) is 7.92. The third-order valence-electron chi connectivity index (χ3n) is 3.89. The summed E-state index contributed by atoms with van der Waals surface area (Å²) >= 11 is 0. The summed E-state index contributed by atoms with van der Waals surface area (Å²) in [5.74, 6) is 0.384. The molecule has 0 radical (unpaired) electrons. The quantitative estimate of drug-likeness (QED) is 0.941. The van der Waals surface area contributed by atoms with Crippen LogP contribution in [0.1, 0.15) is 29.8 Å². The van der Waals surface area contributed by atoms with Gasteiger partial charge in [0.1, 0.15) is 5.75 Å². The summed E-state index contributed by atoms with van der Waals surface area (Å²) in [5.41, 5.74) is 2.94. The molecule has 1 aliphatic heterocycles. The van der Waals surface area contributed by atoms with E-state index >= 15 is 0 Å². The molecule has 24 heavy (non-hydrogen) atoms. The van der Waals surface area contributed by atoms with Crippen molar-refractivity contribution in [3.63, 3.8) is 0 Å². The van der Waals surface area contributed by atoms with E-state index in [2.05, 4.69) is 5.32 Å². The Morgan fingerprint density at radius 2 is 2.00 bits per heavy atom. The van der Waals surface area contributed by atoms with Crippen LogP contribution < -0.4 is 15.0 Å². The van der Waals surface area contributed by atoms with Crippen LogP contribution in [0.25, 0.3) is 0 Å². The van der Waals surface area contributed by atoms with E-state index < -0.39 is 0 Å². The molecule has 5 heteroatoms. The molecule has 1 N–H and O–H groups in total. The second-order valence-electron chi connectivity index (χ2n) is 6.15. The fourth-order valence-electron chi connectivity index (χ4n) is 2.80.